The summed E-state index contributed by atoms with van der Waals surface area (Å²) in [5.74, 6) is 0. The molecule has 2 heterocycles. The van der Waals surface area contributed by atoms with E-state index in [4.69, 9.17) is 0 Å². The van der Waals surface area contributed by atoms with Gasteiger partial charge in [0.05, 0.1) is 0 Å². The number of fused-ring (bicyclic) bond motifs is 8. The third-order valence-corrected chi connectivity index (χ3v) is 14.9. The van der Waals surface area contributed by atoms with Crippen LogP contribution >= 0.6 is 22.7 Å². The lowest BCUT2D eigenvalue weighted by molar-refractivity contribution is 1.55. The van der Waals surface area contributed by atoms with Crippen molar-refractivity contribution in [1.82, 2.24) is 0 Å². The van der Waals surface area contributed by atoms with Crippen LogP contribution in [0.25, 0.3) is 124 Å². The number of hydrogen-bond donors (Lipinski definition) is 0. The van der Waals surface area contributed by atoms with Crippen molar-refractivity contribution in [3.8, 4) is 44.5 Å². The first-order valence-corrected chi connectivity index (χ1v) is 21.8. The van der Waals surface area contributed by atoms with Gasteiger partial charge in [-0.15, -0.1) is 22.7 Å². The Kier molecular flexibility index (Phi) is 7.75. The van der Waals surface area contributed by atoms with Crippen molar-refractivity contribution in [1.29, 1.82) is 0 Å². The fourth-order valence-electron chi connectivity index (χ4n) is 9.66. The quantitative estimate of drug-likeness (QED) is 0.153. The van der Waals surface area contributed by atoms with Gasteiger partial charge in [0.25, 0.3) is 0 Å². The maximum Gasteiger partial charge on any atom is 0.0390 e. The molecule has 0 N–H and O–H groups in total. The largest absolute Gasteiger partial charge is 0.135 e. The lowest BCUT2D eigenvalue weighted by Crippen LogP contribution is -1.91. The van der Waals surface area contributed by atoms with Crippen molar-refractivity contribution in [3.05, 3.63) is 199 Å². The molecule has 0 unspecified atom stereocenters. The van der Waals surface area contributed by atoms with E-state index in [1.165, 1.54) is 128 Å². The second-order valence-corrected chi connectivity index (χ2v) is 17.7. The van der Waals surface area contributed by atoms with E-state index in [1.807, 2.05) is 28.7 Å². The Morgan fingerprint density at radius 2 is 0.949 bits per heavy atom. The second kappa shape index (κ2) is 13.4. The predicted molar refractivity (Wildman–Crippen MR) is 261 cm³/mol. The van der Waals surface area contributed by atoms with Gasteiger partial charge in [0, 0.05) is 40.7 Å². The van der Waals surface area contributed by atoms with Gasteiger partial charge < -0.3 is 0 Å². The van der Waals surface area contributed by atoms with Crippen LogP contribution in [0.15, 0.2) is 189 Å². The first-order valence-electron chi connectivity index (χ1n) is 20.2. The van der Waals surface area contributed by atoms with Crippen molar-refractivity contribution in [2.45, 2.75) is 6.92 Å². The average molecular weight is 785 g/mol. The Morgan fingerprint density at radius 1 is 0.373 bits per heavy atom. The lowest BCUT2D eigenvalue weighted by atomic mass is 9.84. The van der Waals surface area contributed by atoms with Crippen LogP contribution in [-0.4, -0.2) is 0 Å². The van der Waals surface area contributed by atoms with Crippen LogP contribution in [0.2, 0.25) is 0 Å². The first-order chi connectivity index (χ1) is 29.1. The van der Waals surface area contributed by atoms with Crippen molar-refractivity contribution in [2.75, 3.05) is 0 Å². The Morgan fingerprint density at radius 3 is 1.69 bits per heavy atom. The van der Waals surface area contributed by atoms with Crippen LogP contribution in [0.4, 0.5) is 0 Å². The van der Waals surface area contributed by atoms with Crippen LogP contribution in [0.1, 0.15) is 10.4 Å². The van der Waals surface area contributed by atoms with Crippen molar-refractivity contribution >= 4 is 102 Å². The van der Waals surface area contributed by atoms with E-state index in [0.717, 1.165) is 0 Å². The highest BCUT2D eigenvalue weighted by atomic mass is 32.1. The van der Waals surface area contributed by atoms with Crippen LogP contribution in [0.5, 0.6) is 0 Å². The molecule has 0 atom stereocenters. The van der Waals surface area contributed by atoms with Crippen LogP contribution in [0, 0.1) is 6.92 Å². The minimum atomic E-state index is 1.22. The molecule has 59 heavy (non-hydrogen) atoms. The average Bonchev–Trinajstić information content (AvgIpc) is 3.86. The molecule has 0 saturated heterocycles. The molecule has 0 radical (unpaired) electrons. The zero-order chi connectivity index (χ0) is 39.2. The predicted octanol–water partition coefficient (Wildman–Crippen LogP) is 17.5. The molecule has 0 saturated carbocycles. The molecule has 10 aromatic carbocycles. The monoisotopic (exact) mass is 784 g/mol. The lowest BCUT2D eigenvalue weighted by Gasteiger charge is -2.19. The Hall–Kier alpha value is -6.84. The molecular weight excluding hydrogens is 749 g/mol. The summed E-state index contributed by atoms with van der Waals surface area (Å²) in [6.07, 6.45) is 2.03. The molecule has 0 bridgehead atoms. The molecule has 0 amide bonds. The Labute approximate surface area is 350 Å². The summed E-state index contributed by atoms with van der Waals surface area (Å²) in [6, 6.07) is 67.6. The molecule has 12 rings (SSSR count). The third-order valence-electron chi connectivity index (χ3n) is 12.4. The number of rotatable bonds is 5. The van der Waals surface area contributed by atoms with E-state index in [2.05, 4.69) is 195 Å². The molecule has 0 spiro atoms. The number of thiophene rings is 2. The smallest absolute Gasteiger partial charge is 0.0390 e. The summed E-state index contributed by atoms with van der Waals surface area (Å²) in [5.41, 5.74) is 11.5. The summed E-state index contributed by atoms with van der Waals surface area (Å²) < 4.78 is 3.99. The van der Waals surface area contributed by atoms with Crippen molar-refractivity contribution in [2.24, 2.45) is 0 Å². The molecule has 0 fully saturated rings. The van der Waals surface area contributed by atoms with E-state index in [0.29, 0.717) is 0 Å². The highest BCUT2D eigenvalue weighted by Gasteiger charge is 2.20. The normalized spacial score (nSPS) is 11.9. The van der Waals surface area contributed by atoms with Gasteiger partial charge in [-0.1, -0.05) is 170 Å². The summed E-state index contributed by atoms with van der Waals surface area (Å²) in [5, 5.41) is 14.1. The Bertz CT molecular complexity index is 3640. The van der Waals surface area contributed by atoms with Gasteiger partial charge in [-0.25, -0.2) is 0 Å². The maximum absolute atomic E-state index is 4.26. The van der Waals surface area contributed by atoms with E-state index in [9.17, 15) is 0 Å². The van der Waals surface area contributed by atoms with Gasteiger partial charge in [0.1, 0.15) is 0 Å². The van der Waals surface area contributed by atoms with Gasteiger partial charge in [0.15, 0.2) is 0 Å². The topological polar surface area (TPSA) is 0 Å². The second-order valence-electron chi connectivity index (χ2n) is 15.6. The zero-order valence-corrected chi connectivity index (χ0v) is 34.1. The SMILES string of the molecule is C=Cc1sc2cc(-c3ccc4cc(-c5c6ccccc6c(-c6cccc7ccccc67)c6ccccc56)ccc4c3)ccc2c1-c1ccc2c(sc3ccccc32)c1C. The number of benzene rings is 10. The summed E-state index contributed by atoms with van der Waals surface area (Å²) in [4.78, 5) is 1.22. The minimum absolute atomic E-state index is 1.22. The van der Waals surface area contributed by atoms with Gasteiger partial charge in [-0.2, -0.15) is 0 Å². The van der Waals surface area contributed by atoms with E-state index < -0.39 is 0 Å². The first kappa shape index (κ1) is 34.2. The highest BCUT2D eigenvalue weighted by Crippen LogP contribution is 2.48. The van der Waals surface area contributed by atoms with Crippen LogP contribution < -0.4 is 0 Å². The highest BCUT2D eigenvalue weighted by molar-refractivity contribution is 7.26. The molecule has 2 heteroatoms. The fraction of sp³-hybridized carbons (Fsp3) is 0.0175. The van der Waals surface area contributed by atoms with Gasteiger partial charge in [-0.3, -0.25) is 0 Å². The number of hydrogen-bond acceptors (Lipinski definition) is 2. The van der Waals surface area contributed by atoms with Gasteiger partial charge in [-0.05, 0) is 119 Å². The molecule has 2 aromatic heterocycles. The molecule has 0 aliphatic heterocycles. The van der Waals surface area contributed by atoms with E-state index in [-0.39, 0.29) is 0 Å². The van der Waals surface area contributed by atoms with Gasteiger partial charge >= 0.3 is 0 Å². The zero-order valence-electron chi connectivity index (χ0n) is 32.4. The minimum Gasteiger partial charge on any atom is -0.135 e. The van der Waals surface area contributed by atoms with E-state index >= 15 is 0 Å². The van der Waals surface area contributed by atoms with Gasteiger partial charge in [0.2, 0.25) is 0 Å². The van der Waals surface area contributed by atoms with Crippen molar-refractivity contribution in [3.63, 3.8) is 0 Å². The number of aryl methyl sites for hydroxylation is 1. The van der Waals surface area contributed by atoms with Crippen LogP contribution in [-0.2, 0) is 0 Å². The molecule has 0 aliphatic carbocycles. The molecular formula is C57H36S2. The molecule has 276 valence electrons. The summed E-state index contributed by atoms with van der Waals surface area (Å²) in [7, 11) is 0. The fourth-order valence-corrected chi connectivity index (χ4v) is 12.0. The van der Waals surface area contributed by atoms with E-state index in [1.54, 1.807) is 0 Å². The van der Waals surface area contributed by atoms with Crippen molar-refractivity contribution < 1.29 is 0 Å². The maximum atomic E-state index is 4.26. The third kappa shape index (κ3) is 5.27. The summed E-state index contributed by atoms with van der Waals surface area (Å²) in [6.45, 7) is 6.54. The molecule has 12 aromatic rings. The summed E-state index contributed by atoms with van der Waals surface area (Å²) >= 11 is 3.73. The Balaban J connectivity index is 0.958. The standard InChI is InChI=1S/C57H36S2/c1-3-51-56(41-29-30-49-43-16-10-11-22-52(43)59-57(49)34(41)2)50-28-27-39(33-53(50)58-51)37-23-24-38-32-40(26-25-36(38)31-37)54-45-17-6-8-19-47(45)55(48-20-9-7-18-46(48)54)44-21-12-14-35-13-4-5-15-42(35)44/h3-33H,1H2,2H3. The van der Waals surface area contributed by atoms with Crippen LogP contribution in [0.3, 0.4) is 0 Å². The molecule has 0 nitrogen and oxygen atoms in total. The molecule has 0 aliphatic rings.